The van der Waals surface area contributed by atoms with Crippen LogP contribution in [-0.4, -0.2) is 30.6 Å². The molecule has 0 aliphatic carbocycles. The highest BCUT2D eigenvalue weighted by Gasteiger charge is 2.15. The normalized spacial score (nSPS) is 15.7. The van der Waals surface area contributed by atoms with Crippen molar-refractivity contribution >= 4 is 23.0 Å². The summed E-state index contributed by atoms with van der Waals surface area (Å²) in [5.41, 5.74) is 3.67. The van der Waals surface area contributed by atoms with Crippen LogP contribution in [0.15, 0.2) is 29.3 Å². The Hall–Kier alpha value is -2.08. The maximum atomic E-state index is 4.75. The number of piperidine rings is 1. The van der Waals surface area contributed by atoms with Gasteiger partial charge < -0.3 is 15.5 Å². The van der Waals surface area contributed by atoms with E-state index in [9.17, 15) is 0 Å². The lowest BCUT2D eigenvalue weighted by Crippen LogP contribution is -2.36. The van der Waals surface area contributed by atoms with Crippen molar-refractivity contribution in [3.63, 3.8) is 0 Å². The van der Waals surface area contributed by atoms with E-state index in [0.717, 1.165) is 35.7 Å². The minimum Gasteiger partial charge on any atom is -0.372 e. The summed E-state index contributed by atoms with van der Waals surface area (Å²) < 4.78 is 0. The zero-order valence-corrected chi connectivity index (χ0v) is 18.4. The molecule has 1 aliphatic rings. The Morgan fingerprint density at radius 2 is 1.89 bits per heavy atom. The molecule has 5 nitrogen and oxygen atoms in total. The third-order valence-electron chi connectivity index (χ3n) is 5.27. The van der Waals surface area contributed by atoms with Crippen LogP contribution in [0.5, 0.6) is 0 Å². The quantitative estimate of drug-likeness (QED) is 0.563. The van der Waals surface area contributed by atoms with Crippen molar-refractivity contribution in [2.24, 2.45) is 10.9 Å². The van der Waals surface area contributed by atoms with E-state index >= 15 is 0 Å². The van der Waals surface area contributed by atoms with E-state index in [0.29, 0.717) is 6.54 Å². The molecule has 28 heavy (non-hydrogen) atoms. The summed E-state index contributed by atoms with van der Waals surface area (Å²) >= 11 is 1.74. The molecule has 0 unspecified atom stereocenters. The molecule has 2 aromatic rings. The van der Waals surface area contributed by atoms with Crippen molar-refractivity contribution in [1.29, 1.82) is 0 Å². The predicted octanol–water partition coefficient (Wildman–Crippen LogP) is 4.25. The lowest BCUT2D eigenvalue weighted by Gasteiger charge is -2.32. The van der Waals surface area contributed by atoms with Gasteiger partial charge in [0.15, 0.2) is 5.96 Å². The van der Waals surface area contributed by atoms with Gasteiger partial charge in [-0.2, -0.15) is 0 Å². The van der Waals surface area contributed by atoms with E-state index in [1.165, 1.54) is 42.1 Å². The van der Waals surface area contributed by atoms with Crippen LogP contribution in [0.25, 0.3) is 0 Å². The van der Waals surface area contributed by atoms with Gasteiger partial charge in [-0.25, -0.2) is 9.98 Å². The minimum absolute atomic E-state index is 0.674. The van der Waals surface area contributed by atoms with Crippen molar-refractivity contribution in [2.45, 2.75) is 53.6 Å². The molecule has 0 amide bonds. The number of anilines is 1. The number of aliphatic imine (C=N–C) groups is 1. The highest BCUT2D eigenvalue weighted by molar-refractivity contribution is 7.11. The van der Waals surface area contributed by atoms with Crippen LogP contribution < -0.4 is 15.5 Å². The molecule has 0 atom stereocenters. The van der Waals surface area contributed by atoms with E-state index < -0.39 is 0 Å². The van der Waals surface area contributed by atoms with Crippen LogP contribution in [-0.2, 0) is 13.1 Å². The van der Waals surface area contributed by atoms with Gasteiger partial charge in [0.05, 0.1) is 23.8 Å². The van der Waals surface area contributed by atoms with Crippen LogP contribution in [0, 0.1) is 19.8 Å². The van der Waals surface area contributed by atoms with Crippen LogP contribution in [0.2, 0.25) is 0 Å². The van der Waals surface area contributed by atoms with Gasteiger partial charge in [0.1, 0.15) is 0 Å². The first kappa shape index (κ1) is 20.6. The highest BCUT2D eigenvalue weighted by Crippen LogP contribution is 2.23. The first-order valence-corrected chi connectivity index (χ1v) is 11.2. The van der Waals surface area contributed by atoms with Gasteiger partial charge in [0.2, 0.25) is 0 Å². The summed E-state index contributed by atoms with van der Waals surface area (Å²) in [6.45, 7) is 13.2. The van der Waals surface area contributed by atoms with E-state index in [4.69, 9.17) is 4.99 Å². The number of benzene rings is 1. The molecule has 1 aliphatic heterocycles. The first-order chi connectivity index (χ1) is 13.5. The molecule has 1 aromatic carbocycles. The van der Waals surface area contributed by atoms with E-state index in [-0.39, 0.29) is 0 Å². The van der Waals surface area contributed by atoms with Gasteiger partial charge in [-0.15, -0.1) is 11.3 Å². The zero-order chi connectivity index (χ0) is 19.9. The number of hydrogen-bond donors (Lipinski definition) is 2. The van der Waals surface area contributed by atoms with Gasteiger partial charge in [-0.05, 0) is 57.2 Å². The Morgan fingerprint density at radius 1 is 1.18 bits per heavy atom. The summed E-state index contributed by atoms with van der Waals surface area (Å²) in [5.74, 6) is 1.71. The van der Waals surface area contributed by atoms with Gasteiger partial charge in [-0.3, -0.25) is 0 Å². The topological polar surface area (TPSA) is 52.6 Å². The Kier molecular flexibility index (Phi) is 7.31. The smallest absolute Gasteiger partial charge is 0.191 e. The molecule has 152 valence electrons. The summed E-state index contributed by atoms with van der Waals surface area (Å²) in [7, 11) is 0. The number of nitrogens with one attached hydrogen (secondary N) is 2. The fourth-order valence-electron chi connectivity index (χ4n) is 3.49. The standard InChI is InChI=1S/C22H33N5S/c1-5-23-22(25-15-21-17(3)26-18(4)28-21)24-14-19-6-8-20(9-7-19)27-12-10-16(2)11-13-27/h6-9,16H,5,10-15H2,1-4H3,(H2,23,24,25). The molecule has 1 saturated heterocycles. The number of rotatable bonds is 6. The molecule has 3 rings (SSSR count). The fourth-order valence-corrected chi connectivity index (χ4v) is 4.37. The zero-order valence-electron chi connectivity index (χ0n) is 17.6. The van der Waals surface area contributed by atoms with Crippen LogP contribution in [0.4, 0.5) is 5.69 Å². The number of hydrogen-bond acceptors (Lipinski definition) is 4. The molecule has 0 radical (unpaired) electrons. The molecule has 0 spiro atoms. The Bertz CT molecular complexity index is 773. The third-order valence-corrected chi connectivity index (χ3v) is 6.34. The van der Waals surface area contributed by atoms with Crippen molar-refractivity contribution < 1.29 is 0 Å². The second-order valence-electron chi connectivity index (χ2n) is 7.63. The Morgan fingerprint density at radius 3 is 2.50 bits per heavy atom. The van der Waals surface area contributed by atoms with Crippen LogP contribution in [0.1, 0.15) is 47.8 Å². The molecule has 2 N–H and O–H groups in total. The number of aryl methyl sites for hydroxylation is 2. The second kappa shape index (κ2) is 9.92. The lowest BCUT2D eigenvalue weighted by molar-refractivity contribution is 0.438. The number of guanidine groups is 1. The average Bonchev–Trinajstić information content (AvgIpc) is 3.02. The summed E-state index contributed by atoms with van der Waals surface area (Å²) in [5, 5.41) is 7.87. The molecule has 1 aromatic heterocycles. The average molecular weight is 400 g/mol. The van der Waals surface area contributed by atoms with Crippen molar-refractivity contribution in [2.75, 3.05) is 24.5 Å². The Balaban J connectivity index is 1.57. The summed E-state index contributed by atoms with van der Waals surface area (Å²) in [6, 6.07) is 8.89. The Labute approximate surface area is 173 Å². The molecule has 0 bridgehead atoms. The monoisotopic (exact) mass is 399 g/mol. The highest BCUT2D eigenvalue weighted by atomic mass is 32.1. The molecule has 1 fully saturated rings. The van der Waals surface area contributed by atoms with Crippen LogP contribution in [0.3, 0.4) is 0 Å². The molecule has 0 saturated carbocycles. The van der Waals surface area contributed by atoms with Gasteiger partial charge in [0, 0.05) is 30.2 Å². The molecule has 6 heteroatoms. The minimum atomic E-state index is 0.674. The van der Waals surface area contributed by atoms with Gasteiger partial charge >= 0.3 is 0 Å². The fraction of sp³-hybridized carbons (Fsp3) is 0.545. The second-order valence-corrected chi connectivity index (χ2v) is 8.91. The van der Waals surface area contributed by atoms with Crippen LogP contribution >= 0.6 is 11.3 Å². The summed E-state index contributed by atoms with van der Waals surface area (Å²) in [4.78, 5) is 13.0. The van der Waals surface area contributed by atoms with Crippen molar-refractivity contribution in [3.05, 3.63) is 45.4 Å². The molecule has 2 heterocycles. The molecular weight excluding hydrogens is 366 g/mol. The SMILES string of the molecule is CCNC(=NCc1ccc(N2CCC(C)CC2)cc1)NCc1sc(C)nc1C. The van der Waals surface area contributed by atoms with E-state index in [1.54, 1.807) is 11.3 Å². The predicted molar refractivity (Wildman–Crippen MR) is 120 cm³/mol. The number of nitrogens with zero attached hydrogens (tertiary/aromatic N) is 3. The van der Waals surface area contributed by atoms with Crippen molar-refractivity contribution in [1.82, 2.24) is 15.6 Å². The largest absolute Gasteiger partial charge is 0.372 e. The summed E-state index contributed by atoms with van der Waals surface area (Å²) in [6.07, 6.45) is 2.59. The maximum absolute atomic E-state index is 4.75. The first-order valence-electron chi connectivity index (χ1n) is 10.3. The lowest BCUT2D eigenvalue weighted by atomic mass is 9.99. The number of aromatic nitrogens is 1. The van der Waals surface area contributed by atoms with Gasteiger partial charge in [0.25, 0.3) is 0 Å². The van der Waals surface area contributed by atoms with E-state index in [2.05, 4.69) is 72.5 Å². The van der Waals surface area contributed by atoms with E-state index in [1.807, 2.05) is 0 Å². The molecular formula is C22H33N5S. The number of thiazole rings is 1. The maximum Gasteiger partial charge on any atom is 0.191 e. The third kappa shape index (κ3) is 5.71. The van der Waals surface area contributed by atoms with Gasteiger partial charge in [-0.1, -0.05) is 19.1 Å². The van der Waals surface area contributed by atoms with Crippen molar-refractivity contribution in [3.8, 4) is 0 Å².